The van der Waals surface area contributed by atoms with Crippen molar-refractivity contribution in [2.75, 3.05) is 37.2 Å². The molecule has 0 saturated carbocycles. The van der Waals surface area contributed by atoms with Crippen molar-refractivity contribution in [1.29, 1.82) is 0 Å². The van der Waals surface area contributed by atoms with Gasteiger partial charge >= 0.3 is 0 Å². The zero-order valence-electron chi connectivity index (χ0n) is 12.4. The van der Waals surface area contributed by atoms with E-state index in [-0.39, 0.29) is 4.90 Å². The standard InChI is InChI=1S/C14H24N4O2S/c1-11-13(9-12(15)10-14(11)21(16,19)20)17-5-4-8-18-6-2-3-7-18/h9-10,17H,2-8,15H2,1H3,(H2,16,19,20). The molecule has 1 aromatic carbocycles. The average molecular weight is 312 g/mol. The first kappa shape index (κ1) is 16.1. The van der Waals surface area contributed by atoms with Crippen LogP contribution in [0, 0.1) is 6.92 Å². The largest absolute Gasteiger partial charge is 0.399 e. The van der Waals surface area contributed by atoms with Gasteiger partial charge in [0.2, 0.25) is 10.0 Å². The average Bonchev–Trinajstić information content (AvgIpc) is 2.90. The van der Waals surface area contributed by atoms with Crippen LogP contribution in [0.4, 0.5) is 11.4 Å². The van der Waals surface area contributed by atoms with Gasteiger partial charge in [-0.25, -0.2) is 13.6 Å². The Bertz CT molecular complexity index is 595. The van der Waals surface area contributed by atoms with Crippen LogP contribution in [0.3, 0.4) is 0 Å². The molecule has 0 unspecified atom stereocenters. The van der Waals surface area contributed by atoms with Crippen molar-refractivity contribution < 1.29 is 8.42 Å². The summed E-state index contributed by atoms with van der Waals surface area (Å²) in [4.78, 5) is 2.54. The van der Waals surface area contributed by atoms with Crippen molar-refractivity contribution in [2.24, 2.45) is 5.14 Å². The van der Waals surface area contributed by atoms with Gasteiger partial charge in [-0.2, -0.15) is 0 Å². The zero-order valence-corrected chi connectivity index (χ0v) is 13.2. The molecule has 7 heteroatoms. The van der Waals surface area contributed by atoms with Crippen molar-refractivity contribution in [2.45, 2.75) is 31.1 Å². The molecule has 1 aliphatic rings. The highest BCUT2D eigenvalue weighted by Gasteiger charge is 2.15. The first-order valence-electron chi connectivity index (χ1n) is 7.27. The molecule has 0 aliphatic carbocycles. The summed E-state index contributed by atoms with van der Waals surface area (Å²) in [5.41, 5.74) is 7.51. The van der Waals surface area contributed by atoms with E-state index in [4.69, 9.17) is 10.9 Å². The molecule has 1 aromatic rings. The number of rotatable bonds is 6. The SMILES string of the molecule is Cc1c(NCCCN2CCCC2)cc(N)cc1S(N)(=O)=O. The lowest BCUT2D eigenvalue weighted by Gasteiger charge is -2.16. The maximum Gasteiger partial charge on any atom is 0.238 e. The second-order valence-corrected chi connectivity index (χ2v) is 7.10. The Hall–Kier alpha value is -1.31. The molecular formula is C14H24N4O2S. The number of hydrogen-bond acceptors (Lipinski definition) is 5. The van der Waals surface area contributed by atoms with Gasteiger partial charge in [-0.05, 0) is 63.5 Å². The summed E-state index contributed by atoms with van der Waals surface area (Å²) in [5, 5.41) is 8.48. The van der Waals surface area contributed by atoms with E-state index in [1.807, 2.05) is 0 Å². The number of primary sulfonamides is 1. The van der Waals surface area contributed by atoms with Crippen LogP contribution in [0.2, 0.25) is 0 Å². The van der Waals surface area contributed by atoms with Crippen LogP contribution in [-0.4, -0.2) is 39.5 Å². The summed E-state index contributed by atoms with van der Waals surface area (Å²) in [6.07, 6.45) is 3.60. The normalized spacial score (nSPS) is 16.3. The fourth-order valence-corrected chi connectivity index (χ4v) is 3.56. The first-order chi connectivity index (χ1) is 9.88. The van der Waals surface area contributed by atoms with Gasteiger partial charge in [-0.1, -0.05) is 0 Å². The lowest BCUT2D eigenvalue weighted by molar-refractivity contribution is 0.337. The van der Waals surface area contributed by atoms with Gasteiger partial charge in [0, 0.05) is 17.9 Å². The van der Waals surface area contributed by atoms with Crippen LogP contribution >= 0.6 is 0 Å². The molecule has 1 aliphatic heterocycles. The smallest absolute Gasteiger partial charge is 0.238 e. The minimum Gasteiger partial charge on any atom is -0.399 e. The summed E-state index contributed by atoms with van der Waals surface area (Å²) in [5.74, 6) is 0. The molecule has 0 amide bonds. The Morgan fingerprint density at radius 3 is 2.57 bits per heavy atom. The van der Waals surface area contributed by atoms with Crippen LogP contribution in [0.25, 0.3) is 0 Å². The number of nitrogens with two attached hydrogens (primary N) is 2. The summed E-state index contributed by atoms with van der Waals surface area (Å²) < 4.78 is 23.1. The number of sulfonamides is 1. The highest BCUT2D eigenvalue weighted by atomic mass is 32.2. The molecule has 0 aromatic heterocycles. The topological polar surface area (TPSA) is 101 Å². The molecule has 2 rings (SSSR count). The minimum absolute atomic E-state index is 0.0875. The third-order valence-corrected chi connectivity index (χ3v) is 4.89. The van der Waals surface area contributed by atoms with Crippen molar-refractivity contribution in [3.05, 3.63) is 17.7 Å². The number of benzene rings is 1. The van der Waals surface area contributed by atoms with Gasteiger partial charge < -0.3 is 16.0 Å². The van der Waals surface area contributed by atoms with E-state index in [0.717, 1.165) is 25.2 Å². The molecular weight excluding hydrogens is 288 g/mol. The molecule has 0 radical (unpaired) electrons. The predicted octanol–water partition coefficient (Wildman–Crippen LogP) is 1.12. The molecule has 0 bridgehead atoms. The maximum absolute atomic E-state index is 11.5. The van der Waals surface area contributed by atoms with Crippen LogP contribution in [-0.2, 0) is 10.0 Å². The van der Waals surface area contributed by atoms with Crippen molar-refractivity contribution in [3.8, 4) is 0 Å². The third-order valence-electron chi connectivity index (χ3n) is 3.85. The molecule has 1 saturated heterocycles. The molecule has 6 nitrogen and oxygen atoms in total. The highest BCUT2D eigenvalue weighted by Crippen LogP contribution is 2.26. The summed E-state index contributed by atoms with van der Waals surface area (Å²) in [6, 6.07) is 3.15. The minimum atomic E-state index is -3.75. The van der Waals surface area contributed by atoms with E-state index in [9.17, 15) is 8.42 Å². The van der Waals surface area contributed by atoms with Gasteiger partial charge in [-0.3, -0.25) is 0 Å². The van der Waals surface area contributed by atoms with E-state index in [0.29, 0.717) is 11.3 Å². The van der Waals surface area contributed by atoms with Crippen molar-refractivity contribution in [1.82, 2.24) is 4.90 Å². The quantitative estimate of drug-likeness (QED) is 0.540. The Morgan fingerprint density at radius 2 is 1.95 bits per heavy atom. The second-order valence-electron chi connectivity index (χ2n) is 5.57. The Balaban J connectivity index is 1.97. The summed E-state index contributed by atoms with van der Waals surface area (Å²) in [7, 11) is -3.75. The van der Waals surface area contributed by atoms with Crippen LogP contribution < -0.4 is 16.2 Å². The summed E-state index contributed by atoms with van der Waals surface area (Å²) >= 11 is 0. The molecule has 5 N–H and O–H groups in total. The molecule has 0 atom stereocenters. The Kier molecular flexibility index (Phi) is 5.08. The lowest BCUT2D eigenvalue weighted by atomic mass is 10.1. The number of likely N-dealkylation sites (tertiary alicyclic amines) is 1. The van der Waals surface area contributed by atoms with Gasteiger partial charge in [0.05, 0.1) is 4.90 Å². The van der Waals surface area contributed by atoms with Gasteiger partial charge in [0.25, 0.3) is 0 Å². The Labute approximate surface area is 126 Å². The Morgan fingerprint density at radius 1 is 1.29 bits per heavy atom. The fourth-order valence-electron chi connectivity index (χ4n) is 2.72. The number of anilines is 2. The summed E-state index contributed by atoms with van der Waals surface area (Å²) in [6.45, 7) is 5.96. The van der Waals surface area contributed by atoms with Crippen molar-refractivity contribution in [3.63, 3.8) is 0 Å². The van der Waals surface area contributed by atoms with E-state index in [2.05, 4.69) is 10.2 Å². The first-order valence-corrected chi connectivity index (χ1v) is 8.82. The molecule has 0 spiro atoms. The van der Waals surface area contributed by atoms with E-state index >= 15 is 0 Å². The lowest BCUT2D eigenvalue weighted by Crippen LogP contribution is -2.22. The number of nitrogen functional groups attached to an aromatic ring is 1. The molecule has 1 heterocycles. The van der Waals surface area contributed by atoms with E-state index < -0.39 is 10.0 Å². The van der Waals surface area contributed by atoms with Crippen LogP contribution in [0.1, 0.15) is 24.8 Å². The number of hydrogen-bond donors (Lipinski definition) is 3. The zero-order chi connectivity index (χ0) is 15.5. The highest BCUT2D eigenvalue weighted by molar-refractivity contribution is 7.89. The fraction of sp³-hybridized carbons (Fsp3) is 0.571. The molecule has 1 fully saturated rings. The van der Waals surface area contributed by atoms with Crippen LogP contribution in [0.15, 0.2) is 17.0 Å². The maximum atomic E-state index is 11.5. The number of nitrogens with one attached hydrogen (secondary N) is 1. The van der Waals surface area contributed by atoms with Gasteiger partial charge in [-0.15, -0.1) is 0 Å². The molecule has 21 heavy (non-hydrogen) atoms. The second kappa shape index (κ2) is 6.64. The van der Waals surface area contributed by atoms with Gasteiger partial charge in [0.1, 0.15) is 0 Å². The number of nitrogens with zero attached hydrogens (tertiary/aromatic N) is 1. The van der Waals surface area contributed by atoms with Crippen LogP contribution in [0.5, 0.6) is 0 Å². The van der Waals surface area contributed by atoms with Gasteiger partial charge in [0.15, 0.2) is 0 Å². The van der Waals surface area contributed by atoms with E-state index in [1.165, 1.54) is 32.0 Å². The predicted molar refractivity (Wildman–Crippen MR) is 85.7 cm³/mol. The third kappa shape index (κ3) is 4.33. The molecule has 118 valence electrons. The van der Waals surface area contributed by atoms with E-state index in [1.54, 1.807) is 13.0 Å². The monoisotopic (exact) mass is 312 g/mol. The van der Waals surface area contributed by atoms with Crippen molar-refractivity contribution >= 4 is 21.4 Å².